The number of ether oxygens (including phenoxy) is 2. The average Bonchev–Trinajstić information content (AvgIpc) is 2.22. The fourth-order valence-electron chi connectivity index (χ4n) is 1.11. The molecule has 17 heavy (non-hydrogen) atoms. The third kappa shape index (κ3) is 7.74. The van der Waals surface area contributed by atoms with Gasteiger partial charge < -0.3 is 14.4 Å². The SMILES string of the molecule is CCOC(=O)CN(CC)C(=O)COC(C)(C)C. The summed E-state index contributed by atoms with van der Waals surface area (Å²) in [6, 6.07) is 0. The summed E-state index contributed by atoms with van der Waals surface area (Å²) >= 11 is 0. The zero-order chi connectivity index (χ0) is 13.5. The van der Waals surface area contributed by atoms with Crippen molar-refractivity contribution in [1.29, 1.82) is 0 Å². The predicted molar refractivity (Wildman–Crippen MR) is 64.6 cm³/mol. The molecule has 5 nitrogen and oxygen atoms in total. The van der Waals surface area contributed by atoms with E-state index < -0.39 is 5.97 Å². The number of nitrogens with zero attached hydrogens (tertiary/aromatic N) is 1. The number of hydrogen-bond acceptors (Lipinski definition) is 4. The van der Waals surface area contributed by atoms with E-state index in [0.29, 0.717) is 13.2 Å². The van der Waals surface area contributed by atoms with Crippen LogP contribution in [0.3, 0.4) is 0 Å². The maximum atomic E-state index is 11.8. The van der Waals surface area contributed by atoms with E-state index >= 15 is 0 Å². The van der Waals surface area contributed by atoms with E-state index in [1.807, 2.05) is 27.7 Å². The molecule has 0 bridgehead atoms. The summed E-state index contributed by atoms with van der Waals surface area (Å²) in [7, 11) is 0. The van der Waals surface area contributed by atoms with Crippen LogP contribution in [0.4, 0.5) is 0 Å². The first-order valence-electron chi connectivity index (χ1n) is 5.87. The first kappa shape index (κ1) is 15.9. The van der Waals surface area contributed by atoms with Gasteiger partial charge in [0.25, 0.3) is 0 Å². The van der Waals surface area contributed by atoms with E-state index in [-0.39, 0.29) is 24.7 Å². The molecule has 0 saturated heterocycles. The summed E-state index contributed by atoms with van der Waals surface area (Å²) in [6.07, 6.45) is 0. The second-order valence-corrected chi connectivity index (χ2v) is 4.61. The van der Waals surface area contributed by atoms with Crippen LogP contribution in [0.2, 0.25) is 0 Å². The highest BCUT2D eigenvalue weighted by Crippen LogP contribution is 2.06. The first-order chi connectivity index (χ1) is 7.80. The summed E-state index contributed by atoms with van der Waals surface area (Å²) < 4.78 is 10.2. The Hall–Kier alpha value is -1.10. The molecule has 0 aliphatic rings. The zero-order valence-corrected chi connectivity index (χ0v) is 11.4. The smallest absolute Gasteiger partial charge is 0.325 e. The monoisotopic (exact) mass is 245 g/mol. The van der Waals surface area contributed by atoms with E-state index in [4.69, 9.17) is 9.47 Å². The van der Waals surface area contributed by atoms with Gasteiger partial charge in [0.2, 0.25) is 5.91 Å². The maximum Gasteiger partial charge on any atom is 0.325 e. The Bertz CT molecular complexity index is 258. The number of likely N-dealkylation sites (N-methyl/N-ethyl adjacent to an activating group) is 1. The van der Waals surface area contributed by atoms with Crippen molar-refractivity contribution in [3.8, 4) is 0 Å². The van der Waals surface area contributed by atoms with Gasteiger partial charge in [-0.2, -0.15) is 0 Å². The lowest BCUT2D eigenvalue weighted by atomic mass is 10.2. The van der Waals surface area contributed by atoms with Gasteiger partial charge in [-0.25, -0.2) is 0 Å². The van der Waals surface area contributed by atoms with Crippen molar-refractivity contribution in [2.75, 3.05) is 26.3 Å². The third-order valence-corrected chi connectivity index (χ3v) is 1.99. The number of esters is 1. The van der Waals surface area contributed by atoms with Crippen molar-refractivity contribution in [3.05, 3.63) is 0 Å². The van der Waals surface area contributed by atoms with Crippen molar-refractivity contribution in [2.24, 2.45) is 0 Å². The molecule has 0 unspecified atom stereocenters. The van der Waals surface area contributed by atoms with Crippen molar-refractivity contribution in [3.63, 3.8) is 0 Å². The summed E-state index contributed by atoms with van der Waals surface area (Å²) in [5, 5.41) is 0. The Balaban J connectivity index is 4.17. The van der Waals surface area contributed by atoms with Gasteiger partial charge in [0, 0.05) is 6.54 Å². The summed E-state index contributed by atoms with van der Waals surface area (Å²) in [5.41, 5.74) is -0.362. The summed E-state index contributed by atoms with van der Waals surface area (Å²) in [6.45, 7) is 9.93. The maximum absolute atomic E-state index is 11.8. The lowest BCUT2D eigenvalue weighted by Crippen LogP contribution is -2.40. The van der Waals surface area contributed by atoms with Crippen LogP contribution in [-0.4, -0.2) is 48.7 Å². The van der Waals surface area contributed by atoms with Gasteiger partial charge in [-0.05, 0) is 34.6 Å². The number of carbonyl (C=O) groups excluding carboxylic acids is 2. The fourth-order valence-corrected chi connectivity index (χ4v) is 1.11. The number of carbonyl (C=O) groups is 2. The molecule has 0 heterocycles. The van der Waals surface area contributed by atoms with Crippen LogP contribution >= 0.6 is 0 Å². The second kappa shape index (κ2) is 7.27. The average molecular weight is 245 g/mol. The minimum atomic E-state index is -0.390. The van der Waals surface area contributed by atoms with Crippen LogP contribution < -0.4 is 0 Å². The van der Waals surface area contributed by atoms with Crippen LogP contribution in [-0.2, 0) is 19.1 Å². The molecule has 100 valence electrons. The molecule has 0 aromatic rings. The van der Waals surface area contributed by atoms with E-state index in [1.165, 1.54) is 4.90 Å². The van der Waals surface area contributed by atoms with Crippen LogP contribution in [0.1, 0.15) is 34.6 Å². The Morgan fingerprint density at radius 3 is 2.18 bits per heavy atom. The largest absolute Gasteiger partial charge is 0.465 e. The summed E-state index contributed by atoms with van der Waals surface area (Å²) in [5.74, 6) is -0.589. The topological polar surface area (TPSA) is 55.8 Å². The van der Waals surface area contributed by atoms with Gasteiger partial charge in [-0.3, -0.25) is 9.59 Å². The van der Waals surface area contributed by atoms with Crippen molar-refractivity contribution < 1.29 is 19.1 Å². The molecular weight excluding hydrogens is 222 g/mol. The molecule has 0 radical (unpaired) electrons. The van der Waals surface area contributed by atoms with E-state index in [0.717, 1.165) is 0 Å². The minimum absolute atomic E-state index is 0.0171. The Morgan fingerprint density at radius 2 is 1.76 bits per heavy atom. The van der Waals surface area contributed by atoms with E-state index in [9.17, 15) is 9.59 Å². The van der Waals surface area contributed by atoms with Gasteiger partial charge in [0.05, 0.1) is 12.2 Å². The molecule has 0 aromatic carbocycles. The molecule has 0 spiro atoms. The number of amides is 1. The highest BCUT2D eigenvalue weighted by molar-refractivity contribution is 5.82. The lowest BCUT2D eigenvalue weighted by Gasteiger charge is -2.23. The predicted octanol–water partition coefficient (Wildman–Crippen LogP) is 1.21. The zero-order valence-electron chi connectivity index (χ0n) is 11.4. The molecule has 0 aromatic heterocycles. The molecule has 5 heteroatoms. The van der Waals surface area contributed by atoms with Crippen LogP contribution in [0.25, 0.3) is 0 Å². The molecule has 0 fully saturated rings. The molecule has 0 atom stereocenters. The molecule has 1 amide bonds. The van der Waals surface area contributed by atoms with E-state index in [2.05, 4.69) is 0 Å². The summed E-state index contributed by atoms with van der Waals surface area (Å²) in [4.78, 5) is 24.4. The molecule has 0 aliphatic carbocycles. The van der Waals surface area contributed by atoms with Crippen molar-refractivity contribution in [1.82, 2.24) is 4.90 Å². The van der Waals surface area contributed by atoms with Gasteiger partial charge >= 0.3 is 5.97 Å². The van der Waals surface area contributed by atoms with E-state index in [1.54, 1.807) is 6.92 Å². The van der Waals surface area contributed by atoms with Crippen LogP contribution in [0.15, 0.2) is 0 Å². The highest BCUT2D eigenvalue weighted by Gasteiger charge is 2.19. The van der Waals surface area contributed by atoms with Crippen molar-refractivity contribution >= 4 is 11.9 Å². The van der Waals surface area contributed by atoms with Crippen LogP contribution in [0.5, 0.6) is 0 Å². The second-order valence-electron chi connectivity index (χ2n) is 4.61. The molecule has 0 rings (SSSR count). The third-order valence-electron chi connectivity index (χ3n) is 1.99. The molecule has 0 saturated carbocycles. The normalized spacial score (nSPS) is 11.1. The first-order valence-corrected chi connectivity index (χ1v) is 5.87. The number of rotatable bonds is 6. The minimum Gasteiger partial charge on any atom is -0.465 e. The van der Waals surface area contributed by atoms with Crippen molar-refractivity contribution in [2.45, 2.75) is 40.2 Å². The highest BCUT2D eigenvalue weighted by atomic mass is 16.5. The Labute approximate surface area is 103 Å². The quantitative estimate of drug-likeness (QED) is 0.660. The van der Waals surface area contributed by atoms with Gasteiger partial charge in [-0.1, -0.05) is 0 Å². The van der Waals surface area contributed by atoms with Gasteiger partial charge in [-0.15, -0.1) is 0 Å². The molecule has 0 aliphatic heterocycles. The Kier molecular flexibility index (Phi) is 6.80. The number of hydrogen-bond donors (Lipinski definition) is 0. The lowest BCUT2D eigenvalue weighted by molar-refractivity contribution is -0.152. The van der Waals surface area contributed by atoms with Gasteiger partial charge in [0.1, 0.15) is 13.2 Å². The fraction of sp³-hybridized carbons (Fsp3) is 0.833. The standard InChI is InChI=1S/C12H23NO4/c1-6-13(8-11(15)16-7-2)10(14)9-17-12(3,4)5/h6-9H2,1-5H3. The van der Waals surface area contributed by atoms with Gasteiger partial charge in [0.15, 0.2) is 0 Å². The molecular formula is C12H23NO4. The molecule has 0 N–H and O–H groups in total. The van der Waals surface area contributed by atoms with Crippen LogP contribution in [0, 0.1) is 0 Å². The Morgan fingerprint density at radius 1 is 1.18 bits per heavy atom.